The molecular weight excluding hydrogens is 380 g/mol. The SMILES string of the molecule is CC1(C)O[C@@H]2[C@H](O1)c1cnc(-c3ccccc3)nc1C[C@H]2O[Si](C)(C)C(C)(C)C. The highest BCUT2D eigenvalue weighted by molar-refractivity contribution is 6.74. The molecule has 2 aromatic rings. The minimum absolute atomic E-state index is 0.0753. The minimum atomic E-state index is -1.98. The molecule has 6 heteroatoms. The zero-order chi connectivity index (χ0) is 21.0. The molecule has 4 rings (SSSR count). The smallest absolute Gasteiger partial charge is 0.192 e. The van der Waals surface area contributed by atoms with E-state index in [0.717, 1.165) is 22.6 Å². The summed E-state index contributed by atoms with van der Waals surface area (Å²) < 4.78 is 19.4. The van der Waals surface area contributed by atoms with Crippen LogP contribution in [0.4, 0.5) is 0 Å². The summed E-state index contributed by atoms with van der Waals surface area (Å²) in [5, 5.41) is 0.124. The highest BCUT2D eigenvalue weighted by Gasteiger charge is 2.52. The van der Waals surface area contributed by atoms with Gasteiger partial charge in [-0.2, -0.15) is 0 Å². The fraction of sp³-hybridized carbons (Fsp3) is 0.565. The number of nitrogens with zero attached hydrogens (tertiary/aromatic N) is 2. The van der Waals surface area contributed by atoms with Crippen LogP contribution in [-0.2, 0) is 20.3 Å². The molecular formula is C23H32N2O3Si. The van der Waals surface area contributed by atoms with Crippen molar-refractivity contribution in [3.8, 4) is 11.4 Å². The molecule has 0 amide bonds. The topological polar surface area (TPSA) is 53.5 Å². The first kappa shape index (κ1) is 20.7. The molecule has 156 valence electrons. The third-order valence-corrected chi connectivity index (χ3v) is 10.9. The largest absolute Gasteiger partial charge is 0.411 e. The second-order valence-corrected chi connectivity index (χ2v) is 14.9. The van der Waals surface area contributed by atoms with Gasteiger partial charge in [0.05, 0.1) is 11.8 Å². The van der Waals surface area contributed by atoms with Crippen molar-refractivity contribution in [2.45, 2.75) is 83.3 Å². The number of aromatic nitrogens is 2. The zero-order valence-electron chi connectivity index (χ0n) is 18.5. The van der Waals surface area contributed by atoms with Crippen molar-refractivity contribution in [3.05, 3.63) is 47.8 Å². The van der Waals surface area contributed by atoms with Gasteiger partial charge in [0.25, 0.3) is 0 Å². The van der Waals surface area contributed by atoms with E-state index in [-0.39, 0.29) is 23.4 Å². The Kier molecular flexibility index (Phi) is 4.97. The lowest BCUT2D eigenvalue weighted by atomic mass is 9.89. The molecule has 29 heavy (non-hydrogen) atoms. The predicted molar refractivity (Wildman–Crippen MR) is 116 cm³/mol. The van der Waals surface area contributed by atoms with Crippen LogP contribution in [0.2, 0.25) is 18.1 Å². The summed E-state index contributed by atoms with van der Waals surface area (Å²) in [4.78, 5) is 9.55. The molecule has 1 saturated heterocycles. The van der Waals surface area contributed by atoms with Crippen LogP contribution in [0.3, 0.4) is 0 Å². The van der Waals surface area contributed by atoms with Crippen LogP contribution >= 0.6 is 0 Å². The second-order valence-electron chi connectivity index (χ2n) is 10.1. The third-order valence-electron chi connectivity index (χ3n) is 6.38. The summed E-state index contributed by atoms with van der Waals surface area (Å²) in [6.45, 7) is 15.3. The lowest BCUT2D eigenvalue weighted by Crippen LogP contribution is -2.50. The van der Waals surface area contributed by atoms with E-state index in [1.165, 1.54) is 0 Å². The first-order valence-electron chi connectivity index (χ1n) is 10.4. The van der Waals surface area contributed by atoms with Gasteiger partial charge in [0.2, 0.25) is 0 Å². The van der Waals surface area contributed by atoms with Crippen LogP contribution in [0.5, 0.6) is 0 Å². The van der Waals surface area contributed by atoms with E-state index in [9.17, 15) is 0 Å². The van der Waals surface area contributed by atoms with E-state index in [1.54, 1.807) is 0 Å². The molecule has 0 N–H and O–H groups in total. The Morgan fingerprint density at radius 1 is 1.10 bits per heavy atom. The molecule has 0 spiro atoms. The van der Waals surface area contributed by atoms with Crippen molar-refractivity contribution >= 4 is 8.32 Å². The van der Waals surface area contributed by atoms with Gasteiger partial charge in [-0.15, -0.1) is 0 Å². The highest BCUT2D eigenvalue weighted by Crippen LogP contribution is 2.47. The molecule has 5 nitrogen and oxygen atoms in total. The maximum absolute atomic E-state index is 6.83. The summed E-state index contributed by atoms with van der Waals surface area (Å²) in [6, 6.07) is 10.1. The molecule has 0 saturated carbocycles. The predicted octanol–water partition coefficient (Wildman–Crippen LogP) is 5.28. The van der Waals surface area contributed by atoms with Gasteiger partial charge >= 0.3 is 0 Å². The lowest BCUT2D eigenvalue weighted by Gasteiger charge is -2.42. The van der Waals surface area contributed by atoms with Crippen molar-refractivity contribution in [2.75, 3.05) is 0 Å². The van der Waals surface area contributed by atoms with E-state index < -0.39 is 14.1 Å². The molecule has 1 aromatic heterocycles. The summed E-state index contributed by atoms with van der Waals surface area (Å²) in [6.07, 6.45) is 2.21. The highest BCUT2D eigenvalue weighted by atomic mass is 28.4. The van der Waals surface area contributed by atoms with Gasteiger partial charge < -0.3 is 13.9 Å². The number of benzene rings is 1. The average Bonchev–Trinajstić information content (AvgIpc) is 2.96. The molecule has 1 aromatic carbocycles. The molecule has 0 unspecified atom stereocenters. The molecule has 1 fully saturated rings. The Labute approximate surface area is 175 Å². The van der Waals surface area contributed by atoms with Crippen molar-refractivity contribution in [1.29, 1.82) is 0 Å². The van der Waals surface area contributed by atoms with Crippen molar-refractivity contribution in [2.24, 2.45) is 0 Å². The first-order chi connectivity index (χ1) is 13.5. The van der Waals surface area contributed by atoms with Gasteiger partial charge in [0.1, 0.15) is 12.2 Å². The molecule has 1 aliphatic heterocycles. The Bertz CT molecular complexity index is 893. The van der Waals surface area contributed by atoms with Crippen LogP contribution in [0.15, 0.2) is 36.5 Å². The van der Waals surface area contributed by atoms with Gasteiger partial charge in [-0.3, -0.25) is 0 Å². The quantitative estimate of drug-likeness (QED) is 0.642. The van der Waals surface area contributed by atoms with E-state index in [2.05, 4.69) is 38.8 Å². The Morgan fingerprint density at radius 3 is 2.45 bits per heavy atom. The normalized spacial score (nSPS) is 26.1. The molecule has 2 heterocycles. The lowest BCUT2D eigenvalue weighted by molar-refractivity contribution is -0.153. The second kappa shape index (κ2) is 6.98. The van der Waals surface area contributed by atoms with E-state index >= 15 is 0 Å². The van der Waals surface area contributed by atoms with E-state index in [1.807, 2.05) is 50.4 Å². The maximum Gasteiger partial charge on any atom is 0.192 e. The van der Waals surface area contributed by atoms with Gasteiger partial charge in [0.15, 0.2) is 19.9 Å². The maximum atomic E-state index is 6.83. The fourth-order valence-corrected chi connectivity index (χ4v) is 5.15. The molecule has 0 bridgehead atoms. The van der Waals surface area contributed by atoms with Crippen LogP contribution in [0.1, 0.15) is 52.0 Å². The van der Waals surface area contributed by atoms with Crippen LogP contribution in [0.25, 0.3) is 11.4 Å². The summed E-state index contributed by atoms with van der Waals surface area (Å²) in [7, 11) is -1.98. The van der Waals surface area contributed by atoms with Gasteiger partial charge in [-0.1, -0.05) is 51.1 Å². The number of hydrogen-bond donors (Lipinski definition) is 0. The minimum Gasteiger partial charge on any atom is -0.411 e. The van der Waals surface area contributed by atoms with Gasteiger partial charge in [-0.05, 0) is 32.0 Å². The number of ether oxygens (including phenoxy) is 2. The third kappa shape index (κ3) is 3.91. The van der Waals surface area contributed by atoms with E-state index in [0.29, 0.717) is 6.42 Å². The Hall–Kier alpha value is -1.60. The molecule has 3 atom stereocenters. The summed E-state index contributed by atoms with van der Waals surface area (Å²) in [5.74, 6) is 0.0939. The van der Waals surface area contributed by atoms with E-state index in [4.69, 9.17) is 18.9 Å². The van der Waals surface area contributed by atoms with Crippen molar-refractivity contribution < 1.29 is 13.9 Å². The Balaban J connectivity index is 1.72. The molecule has 0 radical (unpaired) electrons. The first-order valence-corrected chi connectivity index (χ1v) is 13.3. The zero-order valence-corrected chi connectivity index (χ0v) is 19.5. The fourth-order valence-electron chi connectivity index (χ4n) is 3.83. The standard InChI is InChI=1S/C23H32N2O3Si/c1-22(2,3)29(6,7)28-18-13-17-16(19-20(18)27-23(4,5)26-19)14-24-21(25-17)15-11-9-8-10-12-15/h8-12,14,18-20H,13H2,1-7H3/t18-,19-,20+/m1/s1. The van der Waals surface area contributed by atoms with Gasteiger partial charge in [0, 0.05) is 23.7 Å². The van der Waals surface area contributed by atoms with Gasteiger partial charge in [-0.25, -0.2) is 9.97 Å². The summed E-state index contributed by atoms with van der Waals surface area (Å²) >= 11 is 0. The van der Waals surface area contributed by atoms with Crippen molar-refractivity contribution in [3.63, 3.8) is 0 Å². The van der Waals surface area contributed by atoms with Crippen molar-refractivity contribution in [1.82, 2.24) is 9.97 Å². The number of rotatable bonds is 3. The monoisotopic (exact) mass is 412 g/mol. The van der Waals surface area contributed by atoms with Crippen LogP contribution in [0, 0.1) is 0 Å². The summed E-state index contributed by atoms with van der Waals surface area (Å²) in [5.41, 5.74) is 3.05. The van der Waals surface area contributed by atoms with Crippen LogP contribution < -0.4 is 0 Å². The average molecular weight is 413 g/mol. The number of hydrogen-bond acceptors (Lipinski definition) is 5. The molecule has 1 aliphatic carbocycles. The number of fused-ring (bicyclic) bond motifs is 3. The van der Waals surface area contributed by atoms with Crippen LogP contribution in [-0.4, -0.2) is 36.3 Å². The Morgan fingerprint density at radius 2 is 1.79 bits per heavy atom. The molecule has 2 aliphatic rings.